The molecular formula is C13H24F3N7. The summed E-state index contributed by atoms with van der Waals surface area (Å²) in [7, 11) is 3.25. The van der Waals surface area contributed by atoms with Crippen LogP contribution >= 0.6 is 0 Å². The number of hydrogen-bond acceptors (Lipinski definition) is 4. The molecule has 0 fully saturated rings. The average Bonchev–Trinajstić information content (AvgIpc) is 2.84. The van der Waals surface area contributed by atoms with Crippen molar-refractivity contribution in [3.63, 3.8) is 0 Å². The van der Waals surface area contributed by atoms with Crippen LogP contribution in [-0.4, -0.2) is 65.0 Å². The van der Waals surface area contributed by atoms with E-state index in [0.29, 0.717) is 38.6 Å². The fourth-order valence-electron chi connectivity index (χ4n) is 1.90. The van der Waals surface area contributed by atoms with Gasteiger partial charge in [-0.2, -0.15) is 18.3 Å². The van der Waals surface area contributed by atoms with Gasteiger partial charge in [0.05, 0.1) is 6.54 Å². The first-order valence-corrected chi connectivity index (χ1v) is 7.42. The van der Waals surface area contributed by atoms with Gasteiger partial charge in [0.2, 0.25) is 0 Å². The van der Waals surface area contributed by atoms with Gasteiger partial charge in [-0.1, -0.05) is 0 Å². The van der Waals surface area contributed by atoms with Crippen molar-refractivity contribution >= 4 is 5.96 Å². The lowest BCUT2D eigenvalue weighted by Crippen LogP contribution is -2.39. The Morgan fingerprint density at radius 1 is 1.39 bits per heavy atom. The zero-order valence-electron chi connectivity index (χ0n) is 13.7. The lowest BCUT2D eigenvalue weighted by molar-refractivity contribution is -0.143. The van der Waals surface area contributed by atoms with Crippen molar-refractivity contribution in [3.8, 4) is 0 Å². The maximum atomic E-state index is 12.2. The first-order chi connectivity index (χ1) is 10.8. The lowest BCUT2D eigenvalue weighted by atomic mass is 10.4. The molecule has 0 bridgehead atoms. The molecule has 1 rings (SSSR count). The van der Waals surface area contributed by atoms with Crippen molar-refractivity contribution in [3.05, 3.63) is 12.2 Å². The number of nitrogens with one attached hydrogen (secondary N) is 2. The number of aryl methyl sites for hydroxylation is 1. The van der Waals surface area contributed by atoms with Crippen LogP contribution in [0.25, 0.3) is 0 Å². The Morgan fingerprint density at radius 2 is 2.13 bits per heavy atom. The summed E-state index contributed by atoms with van der Waals surface area (Å²) in [6, 6.07) is 0. The molecule has 1 aromatic rings. The van der Waals surface area contributed by atoms with Gasteiger partial charge in [-0.05, 0) is 26.9 Å². The van der Waals surface area contributed by atoms with Gasteiger partial charge in [0, 0.05) is 20.1 Å². The van der Waals surface area contributed by atoms with Crippen LogP contribution in [0.5, 0.6) is 0 Å². The fraction of sp³-hybridized carbons (Fsp3) is 0.769. The third-order valence-corrected chi connectivity index (χ3v) is 2.99. The van der Waals surface area contributed by atoms with Gasteiger partial charge in [-0.15, -0.1) is 0 Å². The van der Waals surface area contributed by atoms with E-state index in [1.165, 1.54) is 18.3 Å². The molecule has 10 heteroatoms. The molecule has 0 aliphatic heterocycles. The molecule has 0 atom stereocenters. The molecule has 0 aromatic carbocycles. The Bertz CT molecular complexity index is 484. The van der Waals surface area contributed by atoms with Gasteiger partial charge in [0.25, 0.3) is 0 Å². The Labute approximate surface area is 134 Å². The average molecular weight is 335 g/mol. The van der Waals surface area contributed by atoms with Crippen LogP contribution in [-0.2, 0) is 13.6 Å². The van der Waals surface area contributed by atoms with E-state index >= 15 is 0 Å². The van der Waals surface area contributed by atoms with E-state index in [2.05, 4.69) is 25.7 Å². The van der Waals surface area contributed by atoms with E-state index < -0.39 is 12.7 Å². The van der Waals surface area contributed by atoms with Crippen molar-refractivity contribution in [1.82, 2.24) is 30.3 Å². The lowest BCUT2D eigenvalue weighted by Gasteiger charge is -2.18. The fourth-order valence-corrected chi connectivity index (χ4v) is 1.90. The van der Waals surface area contributed by atoms with E-state index in [4.69, 9.17) is 0 Å². The van der Waals surface area contributed by atoms with Gasteiger partial charge in [0.1, 0.15) is 18.7 Å². The van der Waals surface area contributed by atoms with E-state index in [1.807, 2.05) is 6.92 Å². The summed E-state index contributed by atoms with van der Waals surface area (Å²) in [5.74, 6) is 1.33. The molecule has 1 aromatic heterocycles. The number of aliphatic imine (C=N–C) groups is 1. The monoisotopic (exact) mass is 335 g/mol. The molecule has 132 valence electrons. The molecule has 0 unspecified atom stereocenters. The number of guanidine groups is 1. The highest BCUT2D eigenvalue weighted by Gasteiger charge is 2.28. The third-order valence-electron chi connectivity index (χ3n) is 2.99. The van der Waals surface area contributed by atoms with Crippen molar-refractivity contribution < 1.29 is 13.2 Å². The Balaban J connectivity index is 2.34. The van der Waals surface area contributed by atoms with E-state index in [9.17, 15) is 13.2 Å². The molecule has 0 aliphatic rings. The number of halogens is 3. The van der Waals surface area contributed by atoms with E-state index in [1.54, 1.807) is 11.7 Å². The van der Waals surface area contributed by atoms with Gasteiger partial charge in [-0.3, -0.25) is 9.58 Å². The number of hydrogen-bond donors (Lipinski definition) is 2. The molecule has 0 amide bonds. The minimum absolute atomic E-state index is 0.356. The van der Waals surface area contributed by atoms with Crippen LogP contribution in [0, 0.1) is 0 Å². The Kier molecular flexibility index (Phi) is 7.79. The standard InChI is InChI=1S/C13H24F3N7/c1-4-17-12(19-8-11-20-10-21-23(11)3)18-6-5-7-22(2)9-13(14,15)16/h10H,4-9H2,1-3H3,(H2,17,18,19). The van der Waals surface area contributed by atoms with Gasteiger partial charge < -0.3 is 10.6 Å². The zero-order chi connectivity index (χ0) is 17.3. The molecule has 0 radical (unpaired) electrons. The molecule has 0 saturated carbocycles. The molecule has 0 saturated heterocycles. The first kappa shape index (κ1) is 19.2. The maximum absolute atomic E-state index is 12.2. The zero-order valence-corrected chi connectivity index (χ0v) is 13.7. The second-order valence-corrected chi connectivity index (χ2v) is 5.13. The summed E-state index contributed by atoms with van der Waals surface area (Å²) in [5, 5.41) is 10.1. The van der Waals surface area contributed by atoms with Crippen molar-refractivity contribution in [2.24, 2.45) is 12.0 Å². The second-order valence-electron chi connectivity index (χ2n) is 5.13. The number of aromatic nitrogens is 3. The van der Waals surface area contributed by atoms with Crippen molar-refractivity contribution in [1.29, 1.82) is 0 Å². The minimum atomic E-state index is -4.16. The second kappa shape index (κ2) is 9.33. The molecule has 0 spiro atoms. The Morgan fingerprint density at radius 3 is 2.70 bits per heavy atom. The number of alkyl halides is 3. The van der Waals surface area contributed by atoms with Crippen LogP contribution in [0.3, 0.4) is 0 Å². The van der Waals surface area contributed by atoms with Gasteiger partial charge in [0.15, 0.2) is 5.96 Å². The predicted octanol–water partition coefficient (Wildman–Crippen LogP) is 0.754. The van der Waals surface area contributed by atoms with Crippen LogP contribution < -0.4 is 10.6 Å². The summed E-state index contributed by atoms with van der Waals surface area (Å²) in [4.78, 5) is 9.70. The normalized spacial score (nSPS) is 12.7. The topological polar surface area (TPSA) is 70.4 Å². The third kappa shape index (κ3) is 8.38. The number of rotatable bonds is 8. The predicted molar refractivity (Wildman–Crippen MR) is 82.0 cm³/mol. The van der Waals surface area contributed by atoms with Crippen molar-refractivity contribution in [2.75, 3.05) is 33.2 Å². The summed E-state index contributed by atoms with van der Waals surface area (Å²) in [6.45, 7) is 3.00. The highest BCUT2D eigenvalue weighted by Crippen LogP contribution is 2.15. The first-order valence-electron chi connectivity index (χ1n) is 7.42. The van der Waals surface area contributed by atoms with Crippen LogP contribution in [0.15, 0.2) is 11.3 Å². The van der Waals surface area contributed by atoms with Gasteiger partial charge in [-0.25, -0.2) is 9.98 Å². The molecule has 0 aliphatic carbocycles. The van der Waals surface area contributed by atoms with E-state index in [0.717, 1.165) is 5.82 Å². The maximum Gasteiger partial charge on any atom is 0.401 e. The molecule has 2 N–H and O–H groups in total. The highest BCUT2D eigenvalue weighted by molar-refractivity contribution is 5.79. The molecule has 23 heavy (non-hydrogen) atoms. The van der Waals surface area contributed by atoms with Gasteiger partial charge >= 0.3 is 6.18 Å². The quantitative estimate of drug-likeness (QED) is 0.417. The SMILES string of the molecule is CCNC(=NCc1ncnn1C)NCCCN(C)CC(F)(F)F. The molecule has 1 heterocycles. The van der Waals surface area contributed by atoms with Crippen LogP contribution in [0.4, 0.5) is 13.2 Å². The number of nitrogens with zero attached hydrogens (tertiary/aromatic N) is 5. The largest absolute Gasteiger partial charge is 0.401 e. The summed E-state index contributed by atoms with van der Waals surface area (Å²) < 4.78 is 38.3. The minimum Gasteiger partial charge on any atom is -0.357 e. The van der Waals surface area contributed by atoms with Crippen molar-refractivity contribution in [2.45, 2.75) is 26.1 Å². The van der Waals surface area contributed by atoms with Crippen LogP contribution in [0.2, 0.25) is 0 Å². The summed E-state index contributed by atoms with van der Waals surface area (Å²) in [5.41, 5.74) is 0. The van der Waals surface area contributed by atoms with Crippen LogP contribution in [0.1, 0.15) is 19.2 Å². The summed E-state index contributed by atoms with van der Waals surface area (Å²) in [6.07, 6.45) is -2.11. The van der Waals surface area contributed by atoms with E-state index in [-0.39, 0.29) is 0 Å². The Hall–Kier alpha value is -1.84. The molecular weight excluding hydrogens is 311 g/mol. The smallest absolute Gasteiger partial charge is 0.357 e. The highest BCUT2D eigenvalue weighted by atomic mass is 19.4. The molecule has 7 nitrogen and oxygen atoms in total. The summed E-state index contributed by atoms with van der Waals surface area (Å²) >= 11 is 0.